The molecule has 2 aromatic heterocycles. The van der Waals surface area contributed by atoms with Gasteiger partial charge < -0.3 is 28.7 Å². The number of nitrogens with zero attached hydrogens (tertiary/aromatic N) is 6. The first kappa shape index (κ1) is 39.9. The van der Waals surface area contributed by atoms with Gasteiger partial charge in [-0.2, -0.15) is 13.2 Å². The zero-order chi connectivity index (χ0) is 42.0. The van der Waals surface area contributed by atoms with E-state index in [1.807, 2.05) is 4.90 Å². The SMILES string of the molecule is COc1ccc(CN(Cc2ccc(OC)cc2)c2cc(-c3nc4c5c(ncnc5c3F)N3C[C@H]5CC[C@@H]([C@H]3CO4)N5C(=O)OC(C)(C)C)c(C(F)(F)F)c(C)c2F)cc1. The molecule has 0 radical (unpaired) electrons. The Morgan fingerprint density at radius 3 is 2.10 bits per heavy atom. The molecule has 3 atom stereocenters. The summed E-state index contributed by atoms with van der Waals surface area (Å²) in [6, 6.07) is 14.0. The molecule has 16 heteroatoms. The number of benzene rings is 3. The highest BCUT2D eigenvalue weighted by molar-refractivity contribution is 5.97. The molecule has 0 aliphatic carbocycles. The standard InChI is InChI=1S/C43H43F5N6O5/c1-23-34(43(46,47)48)29(17-31(35(23)44)52(18-24-7-12-27(56-5)13-8-24)19-25-9-14-28(57-6)15-10-25)37-36(45)38-33-39(50-22-49-38)53-20-26-11-16-30(32(53)21-58-40(33)51-37)54(26)41(55)59-42(2,3)4/h7-10,12-15,17,22,26,30,32H,11,16,18-21H2,1-6H3/t26-,30+,32-/m1/s1. The number of piperazine rings is 1. The van der Waals surface area contributed by atoms with E-state index in [1.54, 1.807) is 79.1 Å². The van der Waals surface area contributed by atoms with Gasteiger partial charge in [-0.25, -0.2) is 28.5 Å². The van der Waals surface area contributed by atoms with Gasteiger partial charge in [0.15, 0.2) is 5.82 Å². The van der Waals surface area contributed by atoms with Gasteiger partial charge in [0.05, 0.1) is 43.6 Å². The molecule has 0 N–H and O–H groups in total. The summed E-state index contributed by atoms with van der Waals surface area (Å²) in [6.07, 6.45) is -3.08. The molecule has 5 heterocycles. The fraction of sp³-hybridized carbons (Fsp3) is 0.395. The number of fused-ring (bicyclic) bond motifs is 5. The van der Waals surface area contributed by atoms with Gasteiger partial charge in [-0.3, -0.25) is 4.90 Å². The molecule has 59 heavy (non-hydrogen) atoms. The Morgan fingerprint density at radius 2 is 1.53 bits per heavy atom. The van der Waals surface area contributed by atoms with E-state index in [2.05, 4.69) is 15.0 Å². The summed E-state index contributed by atoms with van der Waals surface area (Å²) in [5.41, 5.74) is -3.31. The maximum atomic E-state index is 17.1. The Hall–Kier alpha value is -5.93. The van der Waals surface area contributed by atoms with Gasteiger partial charge in [-0.1, -0.05) is 24.3 Å². The van der Waals surface area contributed by atoms with E-state index in [-0.39, 0.29) is 54.3 Å². The fourth-order valence-corrected chi connectivity index (χ4v) is 8.49. The Balaban J connectivity index is 1.25. The number of carbonyl (C=O) groups excluding carboxylic acids is 1. The molecule has 0 spiro atoms. The number of hydrogen-bond acceptors (Lipinski definition) is 10. The third-order valence-electron chi connectivity index (χ3n) is 11.2. The summed E-state index contributed by atoms with van der Waals surface area (Å²) in [5, 5.41) is 0.0922. The van der Waals surface area contributed by atoms with Crippen LogP contribution in [-0.4, -0.2) is 77.0 Å². The van der Waals surface area contributed by atoms with Crippen LogP contribution in [-0.2, 0) is 24.0 Å². The number of aromatic nitrogens is 3. The molecule has 8 rings (SSSR count). The van der Waals surface area contributed by atoms with E-state index in [4.69, 9.17) is 18.9 Å². The monoisotopic (exact) mass is 818 g/mol. The van der Waals surface area contributed by atoms with E-state index in [9.17, 15) is 4.79 Å². The summed E-state index contributed by atoms with van der Waals surface area (Å²) in [4.78, 5) is 31.9. The molecule has 0 unspecified atom stereocenters. The zero-order valence-corrected chi connectivity index (χ0v) is 33.4. The number of halogens is 5. The van der Waals surface area contributed by atoms with Gasteiger partial charge in [0, 0.05) is 25.2 Å². The van der Waals surface area contributed by atoms with E-state index in [1.165, 1.54) is 14.2 Å². The molecule has 5 aromatic rings. The third-order valence-corrected chi connectivity index (χ3v) is 11.2. The van der Waals surface area contributed by atoms with Crippen molar-refractivity contribution in [1.29, 1.82) is 0 Å². The van der Waals surface area contributed by atoms with Crippen molar-refractivity contribution in [3.8, 4) is 28.6 Å². The largest absolute Gasteiger partial charge is 0.497 e. The first-order valence-corrected chi connectivity index (χ1v) is 19.2. The average Bonchev–Trinajstić information content (AvgIpc) is 3.43. The van der Waals surface area contributed by atoms with Crippen molar-refractivity contribution in [2.45, 2.75) is 83.5 Å². The van der Waals surface area contributed by atoms with Gasteiger partial charge in [0.25, 0.3) is 0 Å². The number of amides is 1. The van der Waals surface area contributed by atoms with Crippen molar-refractivity contribution in [1.82, 2.24) is 19.9 Å². The quantitative estimate of drug-likeness (QED) is 0.141. The molecule has 3 aliphatic rings. The third kappa shape index (κ3) is 7.37. The molecular weight excluding hydrogens is 776 g/mol. The molecule has 11 nitrogen and oxygen atoms in total. The highest BCUT2D eigenvalue weighted by Gasteiger charge is 2.52. The number of methoxy groups -OCH3 is 2. The second-order valence-electron chi connectivity index (χ2n) is 16.0. The lowest BCUT2D eigenvalue weighted by molar-refractivity contribution is -0.137. The first-order valence-electron chi connectivity index (χ1n) is 19.2. The number of pyridine rings is 1. The number of anilines is 2. The summed E-state index contributed by atoms with van der Waals surface area (Å²) in [7, 11) is 3.05. The van der Waals surface area contributed by atoms with Crippen molar-refractivity contribution in [2.24, 2.45) is 0 Å². The molecule has 2 fully saturated rings. The minimum Gasteiger partial charge on any atom is -0.497 e. The van der Waals surface area contributed by atoms with Crippen LogP contribution in [0.4, 0.5) is 38.3 Å². The zero-order valence-electron chi connectivity index (χ0n) is 33.4. The molecule has 3 aliphatic heterocycles. The Morgan fingerprint density at radius 1 is 0.898 bits per heavy atom. The van der Waals surface area contributed by atoms with Crippen molar-refractivity contribution < 1.29 is 45.7 Å². The van der Waals surface area contributed by atoms with Crippen LogP contribution < -0.4 is 24.0 Å². The van der Waals surface area contributed by atoms with Crippen molar-refractivity contribution in [3.63, 3.8) is 0 Å². The van der Waals surface area contributed by atoms with Crippen LogP contribution in [0.2, 0.25) is 0 Å². The predicted molar refractivity (Wildman–Crippen MR) is 210 cm³/mol. The van der Waals surface area contributed by atoms with Gasteiger partial charge >= 0.3 is 12.3 Å². The minimum absolute atomic E-state index is 0.0441. The topological polar surface area (TPSA) is 102 Å². The number of carbonyl (C=O) groups is 1. The van der Waals surface area contributed by atoms with E-state index < -0.39 is 57.9 Å². The Kier molecular flexibility index (Phi) is 10.2. The van der Waals surface area contributed by atoms with Crippen LogP contribution in [0.3, 0.4) is 0 Å². The van der Waals surface area contributed by atoms with Gasteiger partial charge in [0.1, 0.15) is 58.3 Å². The van der Waals surface area contributed by atoms with Crippen LogP contribution in [0, 0.1) is 18.6 Å². The number of alkyl halides is 3. The average molecular weight is 819 g/mol. The van der Waals surface area contributed by atoms with Gasteiger partial charge in [-0.05, 0) is 87.6 Å². The lowest BCUT2D eigenvalue weighted by Crippen LogP contribution is -2.63. The highest BCUT2D eigenvalue weighted by atomic mass is 19.4. The van der Waals surface area contributed by atoms with Crippen LogP contribution in [0.25, 0.3) is 22.2 Å². The Labute approximate surface area is 337 Å². The van der Waals surface area contributed by atoms with E-state index >= 15 is 22.0 Å². The van der Waals surface area contributed by atoms with Crippen LogP contribution in [0.5, 0.6) is 17.4 Å². The molecule has 2 bridgehead atoms. The minimum atomic E-state index is -5.12. The summed E-state index contributed by atoms with van der Waals surface area (Å²) < 4.78 is 102. The molecule has 3 aromatic carbocycles. The van der Waals surface area contributed by atoms with E-state index in [0.717, 1.165) is 19.3 Å². The lowest BCUT2D eigenvalue weighted by Gasteiger charge is -2.46. The second-order valence-corrected chi connectivity index (χ2v) is 16.0. The highest BCUT2D eigenvalue weighted by Crippen LogP contribution is 2.48. The molecular formula is C43H43F5N6O5. The molecule has 310 valence electrons. The molecule has 1 amide bonds. The van der Waals surface area contributed by atoms with Crippen LogP contribution >= 0.6 is 0 Å². The number of hydrogen-bond donors (Lipinski definition) is 0. The normalized spacial score (nSPS) is 18.6. The molecule has 0 saturated carbocycles. The summed E-state index contributed by atoms with van der Waals surface area (Å²) in [6.45, 7) is 6.81. The van der Waals surface area contributed by atoms with Gasteiger partial charge in [0.2, 0.25) is 5.88 Å². The lowest BCUT2D eigenvalue weighted by atomic mass is 9.95. The van der Waals surface area contributed by atoms with Crippen molar-refractivity contribution >= 4 is 28.5 Å². The van der Waals surface area contributed by atoms with Gasteiger partial charge in [-0.15, -0.1) is 0 Å². The maximum absolute atomic E-state index is 17.1. The fourth-order valence-electron chi connectivity index (χ4n) is 8.49. The predicted octanol–water partition coefficient (Wildman–Crippen LogP) is 8.87. The Bertz CT molecular complexity index is 2360. The smallest absolute Gasteiger partial charge is 0.417 e. The number of rotatable bonds is 8. The summed E-state index contributed by atoms with van der Waals surface area (Å²) in [5.74, 6) is -0.974. The first-order chi connectivity index (χ1) is 28.1. The van der Waals surface area contributed by atoms with Crippen molar-refractivity contribution in [3.05, 3.63) is 94.8 Å². The number of ether oxygens (including phenoxy) is 4. The van der Waals surface area contributed by atoms with Crippen LogP contribution in [0.1, 0.15) is 55.9 Å². The maximum Gasteiger partial charge on any atom is 0.417 e. The second kappa shape index (κ2) is 15.0. The van der Waals surface area contributed by atoms with Crippen LogP contribution in [0.15, 0.2) is 60.9 Å². The van der Waals surface area contributed by atoms with E-state index in [0.29, 0.717) is 47.8 Å². The summed E-state index contributed by atoms with van der Waals surface area (Å²) >= 11 is 0. The molecule has 2 saturated heterocycles. The van der Waals surface area contributed by atoms with Crippen molar-refractivity contribution in [2.75, 3.05) is 37.2 Å².